The minimum atomic E-state index is 0.382. The van der Waals surface area contributed by atoms with Crippen LogP contribution in [-0.4, -0.2) is 9.55 Å². The van der Waals surface area contributed by atoms with Crippen molar-refractivity contribution in [3.8, 4) is 0 Å². The van der Waals surface area contributed by atoms with E-state index in [1.54, 1.807) is 0 Å². The molecule has 0 aliphatic heterocycles. The number of nitrogens with zero attached hydrogens (tertiary/aromatic N) is 2. The Kier molecular flexibility index (Phi) is 2.10. The Balaban J connectivity index is 1.88. The van der Waals surface area contributed by atoms with E-state index in [0.29, 0.717) is 5.41 Å². The molecule has 1 heterocycles. The summed E-state index contributed by atoms with van der Waals surface area (Å²) in [7, 11) is 0. The summed E-state index contributed by atoms with van der Waals surface area (Å²) in [5, 5.41) is 0. The van der Waals surface area contributed by atoms with Crippen LogP contribution in [0.5, 0.6) is 0 Å². The molecule has 1 aromatic carbocycles. The molecule has 1 aliphatic rings. The second kappa shape index (κ2) is 3.48. The molecule has 1 fully saturated rings. The van der Waals surface area contributed by atoms with Gasteiger partial charge < -0.3 is 4.57 Å². The molecule has 2 aromatic rings. The lowest BCUT2D eigenvalue weighted by Gasteiger charge is -2.17. The highest BCUT2D eigenvalue weighted by Crippen LogP contribution is 2.49. The van der Waals surface area contributed by atoms with Crippen LogP contribution in [0.2, 0.25) is 0 Å². The maximum atomic E-state index is 4.29. The van der Waals surface area contributed by atoms with Crippen molar-refractivity contribution in [3.63, 3.8) is 0 Å². The first-order valence-corrected chi connectivity index (χ1v) is 5.83. The van der Waals surface area contributed by atoms with Crippen molar-refractivity contribution in [1.82, 2.24) is 9.55 Å². The Morgan fingerprint density at radius 1 is 1.25 bits per heavy atom. The van der Waals surface area contributed by atoms with Gasteiger partial charge in [-0.1, -0.05) is 30.3 Å². The molecular weight excluding hydrogens is 196 g/mol. The number of aromatic nitrogens is 2. The van der Waals surface area contributed by atoms with Gasteiger partial charge in [-0.05, 0) is 25.3 Å². The fraction of sp³-hybridized carbons (Fsp3) is 0.357. The summed E-state index contributed by atoms with van der Waals surface area (Å²) < 4.78 is 2.26. The highest BCUT2D eigenvalue weighted by Gasteiger charge is 2.44. The van der Waals surface area contributed by atoms with Crippen LogP contribution in [0.4, 0.5) is 0 Å². The van der Waals surface area contributed by atoms with Gasteiger partial charge in [0.15, 0.2) is 0 Å². The van der Waals surface area contributed by atoms with Gasteiger partial charge in [0.1, 0.15) is 5.82 Å². The first kappa shape index (κ1) is 9.64. The normalized spacial score (nSPS) is 17.3. The molecule has 16 heavy (non-hydrogen) atoms. The van der Waals surface area contributed by atoms with E-state index < -0.39 is 0 Å². The number of hydrogen-bond acceptors (Lipinski definition) is 1. The first-order valence-electron chi connectivity index (χ1n) is 5.83. The minimum Gasteiger partial charge on any atom is -0.334 e. The highest BCUT2D eigenvalue weighted by atomic mass is 15.1. The molecule has 2 heteroatoms. The zero-order valence-electron chi connectivity index (χ0n) is 9.56. The smallest absolute Gasteiger partial charge is 0.105 e. The van der Waals surface area contributed by atoms with E-state index in [9.17, 15) is 0 Å². The summed E-state index contributed by atoms with van der Waals surface area (Å²) in [6.07, 6.45) is 6.57. The third kappa shape index (κ3) is 1.54. The summed E-state index contributed by atoms with van der Waals surface area (Å²) in [4.78, 5) is 4.29. The Morgan fingerprint density at radius 2 is 2.00 bits per heavy atom. The number of benzene rings is 1. The Hall–Kier alpha value is -1.57. The fourth-order valence-corrected chi connectivity index (χ4v) is 2.38. The van der Waals surface area contributed by atoms with Gasteiger partial charge in [-0.2, -0.15) is 0 Å². The van der Waals surface area contributed by atoms with E-state index >= 15 is 0 Å². The second-order valence-corrected chi connectivity index (χ2v) is 4.75. The summed E-state index contributed by atoms with van der Waals surface area (Å²) >= 11 is 0. The van der Waals surface area contributed by atoms with Crippen LogP contribution >= 0.6 is 0 Å². The number of rotatable bonds is 3. The Morgan fingerprint density at radius 3 is 2.56 bits per heavy atom. The largest absolute Gasteiger partial charge is 0.334 e. The van der Waals surface area contributed by atoms with Gasteiger partial charge in [0.25, 0.3) is 0 Å². The van der Waals surface area contributed by atoms with Crippen LogP contribution in [0.15, 0.2) is 42.7 Å². The minimum absolute atomic E-state index is 0.382. The van der Waals surface area contributed by atoms with E-state index in [-0.39, 0.29) is 0 Å². The Bertz CT molecular complexity index is 480. The van der Waals surface area contributed by atoms with E-state index in [1.165, 1.54) is 18.4 Å². The zero-order valence-corrected chi connectivity index (χ0v) is 9.56. The molecule has 0 spiro atoms. The summed E-state index contributed by atoms with van der Waals surface area (Å²) in [5.41, 5.74) is 1.86. The Labute approximate surface area is 95.9 Å². The average molecular weight is 212 g/mol. The quantitative estimate of drug-likeness (QED) is 0.765. The standard InChI is InChI=1S/C14H16N2/c1-12-15-9-10-16(12)11-14(7-8-14)13-5-3-2-4-6-13/h2-6,9-10H,7-8,11H2,1H3. The summed E-state index contributed by atoms with van der Waals surface area (Å²) in [5.74, 6) is 1.11. The number of hydrogen-bond donors (Lipinski definition) is 0. The highest BCUT2D eigenvalue weighted by molar-refractivity contribution is 5.30. The zero-order chi connectivity index (χ0) is 11.0. The SMILES string of the molecule is Cc1nccn1CC1(c2ccccc2)CC1. The number of imidazole rings is 1. The van der Waals surface area contributed by atoms with Gasteiger partial charge in [-0.15, -0.1) is 0 Å². The third-order valence-corrected chi connectivity index (χ3v) is 3.64. The van der Waals surface area contributed by atoms with Crippen LogP contribution in [0.3, 0.4) is 0 Å². The number of aryl methyl sites for hydroxylation is 1. The van der Waals surface area contributed by atoms with Crippen molar-refractivity contribution in [3.05, 3.63) is 54.1 Å². The molecule has 0 amide bonds. The van der Waals surface area contributed by atoms with Gasteiger partial charge in [-0.3, -0.25) is 0 Å². The maximum absolute atomic E-state index is 4.29. The van der Waals surface area contributed by atoms with Gasteiger partial charge >= 0.3 is 0 Å². The van der Waals surface area contributed by atoms with Crippen LogP contribution in [0.25, 0.3) is 0 Å². The van der Waals surface area contributed by atoms with Crippen LogP contribution in [-0.2, 0) is 12.0 Å². The average Bonchev–Trinajstić information content (AvgIpc) is 3.00. The van der Waals surface area contributed by atoms with Crippen molar-refractivity contribution < 1.29 is 0 Å². The van der Waals surface area contributed by atoms with Crippen molar-refractivity contribution in [2.75, 3.05) is 0 Å². The lowest BCUT2D eigenvalue weighted by atomic mass is 9.96. The van der Waals surface area contributed by atoms with E-state index in [2.05, 4.69) is 53.0 Å². The molecule has 0 bridgehead atoms. The van der Waals surface area contributed by atoms with Gasteiger partial charge in [-0.25, -0.2) is 4.98 Å². The maximum Gasteiger partial charge on any atom is 0.105 e. The molecule has 1 aliphatic carbocycles. The van der Waals surface area contributed by atoms with Crippen LogP contribution < -0.4 is 0 Å². The lowest BCUT2D eigenvalue weighted by molar-refractivity contribution is 0.537. The molecule has 3 rings (SSSR count). The topological polar surface area (TPSA) is 17.8 Å². The van der Waals surface area contributed by atoms with Crippen molar-refractivity contribution >= 4 is 0 Å². The molecular formula is C14H16N2. The van der Waals surface area contributed by atoms with E-state index in [1.807, 2.05) is 6.20 Å². The molecule has 0 N–H and O–H groups in total. The van der Waals surface area contributed by atoms with Gasteiger partial charge in [0, 0.05) is 24.4 Å². The fourth-order valence-electron chi connectivity index (χ4n) is 2.38. The predicted molar refractivity (Wildman–Crippen MR) is 64.3 cm³/mol. The molecule has 1 aromatic heterocycles. The molecule has 1 saturated carbocycles. The monoisotopic (exact) mass is 212 g/mol. The summed E-state index contributed by atoms with van der Waals surface area (Å²) in [6, 6.07) is 10.9. The molecule has 0 unspecified atom stereocenters. The predicted octanol–water partition coefficient (Wildman–Crippen LogP) is 2.92. The lowest BCUT2D eigenvalue weighted by Crippen LogP contribution is -2.16. The molecule has 0 saturated heterocycles. The van der Waals surface area contributed by atoms with Crippen molar-refractivity contribution in [1.29, 1.82) is 0 Å². The van der Waals surface area contributed by atoms with Gasteiger partial charge in [0.2, 0.25) is 0 Å². The van der Waals surface area contributed by atoms with Crippen molar-refractivity contribution in [2.45, 2.75) is 31.7 Å². The molecule has 0 radical (unpaired) electrons. The molecule has 82 valence electrons. The van der Waals surface area contributed by atoms with Crippen LogP contribution in [0, 0.1) is 6.92 Å². The first-order chi connectivity index (χ1) is 7.80. The molecule has 2 nitrogen and oxygen atoms in total. The summed E-state index contributed by atoms with van der Waals surface area (Å²) in [6.45, 7) is 3.14. The molecule has 0 atom stereocenters. The van der Waals surface area contributed by atoms with Crippen LogP contribution in [0.1, 0.15) is 24.2 Å². The van der Waals surface area contributed by atoms with E-state index in [0.717, 1.165) is 12.4 Å². The third-order valence-electron chi connectivity index (χ3n) is 3.64. The second-order valence-electron chi connectivity index (χ2n) is 4.75. The van der Waals surface area contributed by atoms with Gasteiger partial charge in [0.05, 0.1) is 0 Å². The van der Waals surface area contributed by atoms with E-state index in [4.69, 9.17) is 0 Å². The van der Waals surface area contributed by atoms with Crippen molar-refractivity contribution in [2.24, 2.45) is 0 Å².